The molecule has 88 valence electrons. The van der Waals surface area contributed by atoms with Crippen molar-refractivity contribution in [2.45, 2.75) is 52.0 Å². The van der Waals surface area contributed by atoms with E-state index in [0.29, 0.717) is 5.92 Å². The van der Waals surface area contributed by atoms with Crippen LogP contribution in [0.25, 0.3) is 0 Å². The maximum atomic E-state index is 6.39. The molecule has 0 amide bonds. The average Bonchev–Trinajstić information content (AvgIpc) is 2.33. The fraction of sp³-hybridized carbons (Fsp3) is 0.600. The van der Waals surface area contributed by atoms with Crippen LogP contribution >= 0.6 is 0 Å². The molecule has 0 aliphatic heterocycles. The molecule has 2 N–H and O–H groups in total. The van der Waals surface area contributed by atoms with E-state index in [-0.39, 0.29) is 6.04 Å². The van der Waals surface area contributed by atoms with Crippen LogP contribution in [0, 0.1) is 19.8 Å². The average molecular weight is 217 g/mol. The number of aryl methyl sites for hydroxylation is 2. The molecule has 1 aromatic carbocycles. The summed E-state index contributed by atoms with van der Waals surface area (Å²) in [5.41, 5.74) is 10.4. The molecule has 0 aromatic heterocycles. The molecule has 1 aliphatic rings. The first-order chi connectivity index (χ1) is 7.68. The number of nitrogens with two attached hydrogens (primary N) is 1. The lowest BCUT2D eigenvalue weighted by atomic mass is 9.81. The maximum Gasteiger partial charge on any atom is 0.0323 e. The molecule has 0 bridgehead atoms. The quantitative estimate of drug-likeness (QED) is 0.799. The molecule has 0 radical (unpaired) electrons. The summed E-state index contributed by atoms with van der Waals surface area (Å²) in [6.45, 7) is 4.33. The molecule has 1 aliphatic carbocycles. The first kappa shape index (κ1) is 11.7. The van der Waals surface area contributed by atoms with Gasteiger partial charge in [-0.25, -0.2) is 0 Å². The Bertz CT molecular complexity index is 350. The van der Waals surface area contributed by atoms with Crippen molar-refractivity contribution < 1.29 is 0 Å². The van der Waals surface area contributed by atoms with Crippen molar-refractivity contribution in [1.82, 2.24) is 0 Å². The number of hydrogen-bond acceptors (Lipinski definition) is 1. The molecular formula is C15H23N. The molecule has 1 saturated carbocycles. The Morgan fingerprint density at radius 3 is 2.38 bits per heavy atom. The lowest BCUT2D eigenvalue weighted by Gasteiger charge is -2.28. The maximum absolute atomic E-state index is 6.39. The molecule has 1 aromatic rings. The van der Waals surface area contributed by atoms with E-state index in [9.17, 15) is 0 Å². The van der Waals surface area contributed by atoms with Gasteiger partial charge in [0.05, 0.1) is 0 Å². The fourth-order valence-corrected chi connectivity index (χ4v) is 2.74. The van der Waals surface area contributed by atoms with Gasteiger partial charge >= 0.3 is 0 Å². The monoisotopic (exact) mass is 217 g/mol. The highest BCUT2D eigenvalue weighted by atomic mass is 14.7. The highest BCUT2D eigenvalue weighted by Crippen LogP contribution is 2.33. The third-order valence-corrected chi connectivity index (χ3v) is 4.07. The minimum atomic E-state index is 0.250. The van der Waals surface area contributed by atoms with E-state index in [1.165, 1.54) is 48.8 Å². The summed E-state index contributed by atoms with van der Waals surface area (Å²) < 4.78 is 0. The Labute approximate surface area is 99.0 Å². The second kappa shape index (κ2) is 5.01. The van der Waals surface area contributed by atoms with Crippen molar-refractivity contribution in [2.75, 3.05) is 0 Å². The summed E-state index contributed by atoms with van der Waals surface area (Å²) in [5.74, 6) is 0.704. The standard InChI is InChI=1S/C15H23N/c1-11-8-9-14(10-12(11)2)15(16)13-6-4-3-5-7-13/h8-10,13,15H,3-7,16H2,1-2H3/t15-/m0/s1. The van der Waals surface area contributed by atoms with E-state index in [0.717, 1.165) is 0 Å². The Balaban J connectivity index is 2.12. The molecule has 2 rings (SSSR count). The largest absolute Gasteiger partial charge is 0.324 e. The molecule has 0 spiro atoms. The van der Waals surface area contributed by atoms with Crippen molar-refractivity contribution in [1.29, 1.82) is 0 Å². The first-order valence-electron chi connectivity index (χ1n) is 6.51. The third-order valence-electron chi connectivity index (χ3n) is 4.07. The van der Waals surface area contributed by atoms with E-state index in [1.807, 2.05) is 0 Å². The van der Waals surface area contributed by atoms with Gasteiger partial charge in [0.25, 0.3) is 0 Å². The SMILES string of the molecule is Cc1ccc([C@@H](N)C2CCCCC2)cc1C. The highest BCUT2D eigenvalue weighted by molar-refractivity contribution is 5.31. The van der Waals surface area contributed by atoms with Crippen molar-refractivity contribution in [3.05, 3.63) is 34.9 Å². The third kappa shape index (κ3) is 2.46. The lowest BCUT2D eigenvalue weighted by Crippen LogP contribution is -2.23. The fourth-order valence-electron chi connectivity index (χ4n) is 2.74. The van der Waals surface area contributed by atoms with Gasteiger partial charge in [-0.05, 0) is 49.3 Å². The van der Waals surface area contributed by atoms with E-state index in [4.69, 9.17) is 5.73 Å². The van der Waals surface area contributed by atoms with Gasteiger partial charge < -0.3 is 5.73 Å². The molecule has 1 fully saturated rings. The molecule has 1 nitrogen and oxygen atoms in total. The lowest BCUT2D eigenvalue weighted by molar-refractivity contribution is 0.308. The molecule has 0 unspecified atom stereocenters. The van der Waals surface area contributed by atoms with Crippen LogP contribution in [0.2, 0.25) is 0 Å². The predicted molar refractivity (Wildman–Crippen MR) is 69.4 cm³/mol. The van der Waals surface area contributed by atoms with Crippen LogP contribution in [0.5, 0.6) is 0 Å². The minimum Gasteiger partial charge on any atom is -0.324 e. The highest BCUT2D eigenvalue weighted by Gasteiger charge is 2.21. The van der Waals surface area contributed by atoms with Gasteiger partial charge in [-0.2, -0.15) is 0 Å². The minimum absolute atomic E-state index is 0.250. The zero-order chi connectivity index (χ0) is 11.5. The van der Waals surface area contributed by atoms with Gasteiger partial charge in [0.1, 0.15) is 0 Å². The molecule has 16 heavy (non-hydrogen) atoms. The Kier molecular flexibility index (Phi) is 3.65. The van der Waals surface area contributed by atoms with Crippen molar-refractivity contribution in [3.8, 4) is 0 Å². The summed E-state index contributed by atoms with van der Waals surface area (Å²) in [6.07, 6.45) is 6.75. The van der Waals surface area contributed by atoms with Gasteiger partial charge in [-0.3, -0.25) is 0 Å². The van der Waals surface area contributed by atoms with Crippen LogP contribution in [-0.4, -0.2) is 0 Å². The summed E-state index contributed by atoms with van der Waals surface area (Å²) in [5, 5.41) is 0. The van der Waals surface area contributed by atoms with E-state index >= 15 is 0 Å². The van der Waals surface area contributed by atoms with Crippen molar-refractivity contribution in [3.63, 3.8) is 0 Å². The van der Waals surface area contributed by atoms with E-state index in [1.54, 1.807) is 0 Å². The summed E-state index contributed by atoms with van der Waals surface area (Å²) in [7, 11) is 0. The van der Waals surface area contributed by atoms with Crippen LogP contribution in [0.4, 0.5) is 0 Å². The Morgan fingerprint density at radius 1 is 1.06 bits per heavy atom. The molecule has 0 heterocycles. The van der Waals surface area contributed by atoms with Gasteiger partial charge in [-0.1, -0.05) is 37.5 Å². The summed E-state index contributed by atoms with van der Waals surface area (Å²) >= 11 is 0. The number of benzene rings is 1. The molecule has 1 heteroatoms. The topological polar surface area (TPSA) is 26.0 Å². The van der Waals surface area contributed by atoms with Gasteiger partial charge in [0, 0.05) is 6.04 Å². The zero-order valence-electron chi connectivity index (χ0n) is 10.5. The van der Waals surface area contributed by atoms with Gasteiger partial charge in [0.2, 0.25) is 0 Å². The van der Waals surface area contributed by atoms with Crippen LogP contribution in [0.3, 0.4) is 0 Å². The van der Waals surface area contributed by atoms with Crippen LogP contribution < -0.4 is 5.73 Å². The summed E-state index contributed by atoms with van der Waals surface area (Å²) in [4.78, 5) is 0. The van der Waals surface area contributed by atoms with Gasteiger partial charge in [0.15, 0.2) is 0 Å². The summed E-state index contributed by atoms with van der Waals surface area (Å²) in [6, 6.07) is 6.93. The second-order valence-electron chi connectivity index (χ2n) is 5.27. The Morgan fingerprint density at radius 2 is 1.75 bits per heavy atom. The second-order valence-corrected chi connectivity index (χ2v) is 5.27. The first-order valence-corrected chi connectivity index (χ1v) is 6.51. The van der Waals surface area contributed by atoms with Crippen LogP contribution in [0.1, 0.15) is 54.8 Å². The van der Waals surface area contributed by atoms with E-state index < -0.39 is 0 Å². The molecule has 1 atom stereocenters. The van der Waals surface area contributed by atoms with Crippen LogP contribution in [0.15, 0.2) is 18.2 Å². The van der Waals surface area contributed by atoms with Gasteiger partial charge in [-0.15, -0.1) is 0 Å². The van der Waals surface area contributed by atoms with Crippen molar-refractivity contribution >= 4 is 0 Å². The van der Waals surface area contributed by atoms with E-state index in [2.05, 4.69) is 32.0 Å². The zero-order valence-corrected chi connectivity index (χ0v) is 10.5. The van der Waals surface area contributed by atoms with Crippen LogP contribution in [-0.2, 0) is 0 Å². The Hall–Kier alpha value is -0.820. The molecular weight excluding hydrogens is 194 g/mol. The number of hydrogen-bond donors (Lipinski definition) is 1. The predicted octanol–water partition coefficient (Wildman–Crippen LogP) is 3.88. The van der Waals surface area contributed by atoms with Crippen molar-refractivity contribution in [2.24, 2.45) is 11.7 Å². The number of rotatable bonds is 2. The molecule has 0 saturated heterocycles. The normalized spacial score (nSPS) is 19.7. The smallest absolute Gasteiger partial charge is 0.0323 e.